The quantitative estimate of drug-likeness (QED) is 0.904. The Morgan fingerprint density at radius 1 is 1.32 bits per heavy atom. The van der Waals surface area contributed by atoms with Crippen molar-refractivity contribution in [3.05, 3.63) is 24.2 Å². The number of hydrogen-bond donors (Lipinski definition) is 1. The zero-order chi connectivity index (χ0) is 13.2. The van der Waals surface area contributed by atoms with E-state index in [1.54, 1.807) is 6.26 Å². The van der Waals surface area contributed by atoms with Crippen molar-refractivity contribution in [2.75, 3.05) is 26.2 Å². The smallest absolute Gasteiger partial charge is 0.122 e. The lowest BCUT2D eigenvalue weighted by molar-refractivity contribution is 0.0167. The van der Waals surface area contributed by atoms with Gasteiger partial charge in [-0.25, -0.2) is 0 Å². The van der Waals surface area contributed by atoms with Gasteiger partial charge in [0.05, 0.1) is 12.3 Å². The van der Waals surface area contributed by atoms with Gasteiger partial charge in [0.15, 0.2) is 0 Å². The molecule has 2 aliphatic heterocycles. The van der Waals surface area contributed by atoms with Crippen molar-refractivity contribution in [3.63, 3.8) is 0 Å². The molecule has 2 aliphatic rings. The minimum Gasteiger partial charge on any atom is -0.468 e. The number of rotatable bonds is 3. The summed E-state index contributed by atoms with van der Waals surface area (Å²) in [5.74, 6) is 1.01. The molecule has 0 bridgehead atoms. The van der Waals surface area contributed by atoms with Gasteiger partial charge in [0.2, 0.25) is 0 Å². The maximum Gasteiger partial charge on any atom is 0.122 e. The second-order valence-corrected chi connectivity index (χ2v) is 6.00. The molecule has 3 unspecified atom stereocenters. The van der Waals surface area contributed by atoms with Gasteiger partial charge >= 0.3 is 0 Å². The highest BCUT2D eigenvalue weighted by Gasteiger charge is 2.34. The molecule has 0 aliphatic carbocycles. The van der Waals surface area contributed by atoms with E-state index in [0.717, 1.165) is 24.9 Å². The van der Waals surface area contributed by atoms with Gasteiger partial charge in [-0.1, -0.05) is 6.42 Å². The zero-order valence-electron chi connectivity index (χ0n) is 11.8. The average molecular weight is 263 g/mol. The molecule has 0 radical (unpaired) electrons. The van der Waals surface area contributed by atoms with Crippen LogP contribution in [0.25, 0.3) is 0 Å². The molecule has 0 spiro atoms. The van der Waals surface area contributed by atoms with E-state index >= 15 is 0 Å². The van der Waals surface area contributed by atoms with Crippen LogP contribution in [0.15, 0.2) is 22.8 Å². The highest BCUT2D eigenvalue weighted by atomic mass is 16.3. The highest BCUT2D eigenvalue weighted by molar-refractivity contribution is 5.08. The molecule has 0 aromatic carbocycles. The zero-order valence-corrected chi connectivity index (χ0v) is 11.8. The Morgan fingerprint density at radius 2 is 2.21 bits per heavy atom. The van der Waals surface area contributed by atoms with Gasteiger partial charge in [0.1, 0.15) is 5.76 Å². The van der Waals surface area contributed by atoms with Crippen molar-refractivity contribution in [2.24, 2.45) is 5.73 Å². The average Bonchev–Trinajstić information content (AvgIpc) is 2.92. The largest absolute Gasteiger partial charge is 0.468 e. The molecule has 1 aromatic heterocycles. The van der Waals surface area contributed by atoms with E-state index in [1.165, 1.54) is 32.4 Å². The fraction of sp³-hybridized carbons (Fsp3) is 0.733. The Morgan fingerprint density at radius 3 is 2.95 bits per heavy atom. The van der Waals surface area contributed by atoms with Gasteiger partial charge in [-0.15, -0.1) is 0 Å². The topological polar surface area (TPSA) is 45.6 Å². The molecular weight excluding hydrogens is 238 g/mol. The maximum atomic E-state index is 6.21. The minimum atomic E-state index is 0.0984. The summed E-state index contributed by atoms with van der Waals surface area (Å²) in [6.45, 7) is 6.77. The van der Waals surface area contributed by atoms with Crippen molar-refractivity contribution in [3.8, 4) is 0 Å². The van der Waals surface area contributed by atoms with E-state index in [-0.39, 0.29) is 12.1 Å². The van der Waals surface area contributed by atoms with Gasteiger partial charge in [-0.2, -0.15) is 0 Å². The van der Waals surface area contributed by atoms with Gasteiger partial charge in [0, 0.05) is 31.7 Å². The molecular formula is C15H25N3O. The molecule has 4 nitrogen and oxygen atoms in total. The highest BCUT2D eigenvalue weighted by Crippen LogP contribution is 2.29. The number of piperidine rings is 1. The molecule has 2 saturated heterocycles. The van der Waals surface area contributed by atoms with Crippen molar-refractivity contribution in [2.45, 2.75) is 44.3 Å². The number of nitrogens with zero attached hydrogens (tertiary/aromatic N) is 2. The van der Waals surface area contributed by atoms with Crippen LogP contribution < -0.4 is 5.73 Å². The van der Waals surface area contributed by atoms with Gasteiger partial charge in [0.25, 0.3) is 0 Å². The first-order valence-corrected chi connectivity index (χ1v) is 7.53. The standard InChI is InChI=1S/C15H25N3O/c1-12(16)15(14-6-4-10-19-14)18-9-8-17-7-3-2-5-13(17)11-18/h4,6,10,12-13,15H,2-3,5,7-9,11,16H2,1H3. The predicted molar refractivity (Wildman–Crippen MR) is 75.9 cm³/mol. The van der Waals surface area contributed by atoms with E-state index in [1.807, 2.05) is 6.07 Å². The summed E-state index contributed by atoms with van der Waals surface area (Å²) in [5, 5.41) is 0. The summed E-state index contributed by atoms with van der Waals surface area (Å²) in [6, 6.07) is 5.06. The Hall–Kier alpha value is -0.840. The van der Waals surface area contributed by atoms with Crippen LogP contribution in [0.5, 0.6) is 0 Å². The number of fused-ring (bicyclic) bond motifs is 1. The third-order valence-electron chi connectivity index (χ3n) is 4.59. The summed E-state index contributed by atoms with van der Waals surface area (Å²) >= 11 is 0. The molecule has 1 aromatic rings. The second-order valence-electron chi connectivity index (χ2n) is 6.00. The third-order valence-corrected chi connectivity index (χ3v) is 4.59. The predicted octanol–water partition coefficient (Wildman–Crippen LogP) is 1.84. The lowest BCUT2D eigenvalue weighted by atomic mass is 9.96. The monoisotopic (exact) mass is 263 g/mol. The van der Waals surface area contributed by atoms with E-state index in [9.17, 15) is 0 Å². The SMILES string of the molecule is CC(N)C(c1ccco1)N1CCN2CCCCC2C1. The lowest BCUT2D eigenvalue weighted by Crippen LogP contribution is -2.57. The van der Waals surface area contributed by atoms with Crippen molar-refractivity contribution in [1.82, 2.24) is 9.80 Å². The van der Waals surface area contributed by atoms with Crippen LogP contribution in [-0.2, 0) is 0 Å². The van der Waals surface area contributed by atoms with E-state index in [0.29, 0.717) is 0 Å². The molecule has 3 rings (SSSR count). The third kappa shape index (κ3) is 2.71. The molecule has 3 atom stereocenters. The molecule has 2 fully saturated rings. The van der Waals surface area contributed by atoms with Crippen LogP contribution in [0.1, 0.15) is 38.0 Å². The van der Waals surface area contributed by atoms with E-state index in [2.05, 4.69) is 22.8 Å². The Kier molecular flexibility index (Phi) is 3.91. The fourth-order valence-corrected chi connectivity index (χ4v) is 3.66. The van der Waals surface area contributed by atoms with Crippen LogP contribution in [0.2, 0.25) is 0 Å². The Labute approximate surface area is 115 Å². The van der Waals surface area contributed by atoms with Crippen LogP contribution in [0, 0.1) is 0 Å². The van der Waals surface area contributed by atoms with Gasteiger partial charge in [-0.05, 0) is 38.4 Å². The minimum absolute atomic E-state index is 0.0984. The van der Waals surface area contributed by atoms with E-state index in [4.69, 9.17) is 10.2 Å². The first-order chi connectivity index (χ1) is 9.25. The van der Waals surface area contributed by atoms with Gasteiger partial charge < -0.3 is 10.2 Å². The number of hydrogen-bond acceptors (Lipinski definition) is 4. The van der Waals surface area contributed by atoms with Crippen LogP contribution in [0.4, 0.5) is 0 Å². The maximum absolute atomic E-state index is 6.21. The molecule has 3 heterocycles. The summed E-state index contributed by atoms with van der Waals surface area (Å²) in [6.07, 6.45) is 5.83. The first-order valence-electron chi connectivity index (χ1n) is 7.53. The number of piperazine rings is 1. The molecule has 0 amide bonds. The van der Waals surface area contributed by atoms with E-state index < -0.39 is 0 Å². The molecule has 2 N–H and O–H groups in total. The summed E-state index contributed by atoms with van der Waals surface area (Å²) < 4.78 is 5.61. The summed E-state index contributed by atoms with van der Waals surface area (Å²) in [5.41, 5.74) is 6.21. The first kappa shape index (κ1) is 13.2. The van der Waals surface area contributed by atoms with Crippen LogP contribution in [0.3, 0.4) is 0 Å². The van der Waals surface area contributed by atoms with Crippen molar-refractivity contribution in [1.29, 1.82) is 0 Å². The number of nitrogens with two attached hydrogens (primary N) is 1. The van der Waals surface area contributed by atoms with Gasteiger partial charge in [-0.3, -0.25) is 9.80 Å². The molecule has 0 saturated carbocycles. The molecule has 106 valence electrons. The number of furan rings is 1. The summed E-state index contributed by atoms with van der Waals surface area (Å²) in [4.78, 5) is 5.18. The summed E-state index contributed by atoms with van der Waals surface area (Å²) in [7, 11) is 0. The molecule has 19 heavy (non-hydrogen) atoms. The lowest BCUT2D eigenvalue weighted by Gasteiger charge is -2.46. The fourth-order valence-electron chi connectivity index (χ4n) is 3.66. The Balaban J connectivity index is 1.73. The normalized spacial score (nSPS) is 28.8. The van der Waals surface area contributed by atoms with Crippen molar-refractivity contribution >= 4 is 0 Å². The van der Waals surface area contributed by atoms with Crippen LogP contribution >= 0.6 is 0 Å². The Bertz CT molecular complexity index is 390. The second kappa shape index (κ2) is 5.65. The van der Waals surface area contributed by atoms with Crippen LogP contribution in [-0.4, -0.2) is 48.1 Å². The molecule has 4 heteroatoms. The van der Waals surface area contributed by atoms with Crippen molar-refractivity contribution < 1.29 is 4.42 Å².